The molecule has 6 rings (SSSR count). The number of fused-ring (bicyclic) bond motifs is 2. The molecule has 0 bridgehead atoms. The molecule has 0 saturated heterocycles. The van der Waals surface area contributed by atoms with E-state index in [9.17, 15) is 0 Å². The van der Waals surface area contributed by atoms with E-state index in [4.69, 9.17) is 10.2 Å². The van der Waals surface area contributed by atoms with Gasteiger partial charge in [0.05, 0.1) is 24.5 Å². The molecular weight excluding hydrogens is 459 g/mol. The maximum Gasteiger partial charge on any atom is 0.134 e. The first-order valence-corrected chi connectivity index (χ1v) is 10.4. The van der Waals surface area contributed by atoms with Crippen LogP contribution < -0.4 is 16.4 Å². The zero-order valence-electron chi connectivity index (χ0n) is 17.7. The van der Waals surface area contributed by atoms with Crippen molar-refractivity contribution in [2.75, 3.05) is 31.9 Å². The molecule has 170 valence electrons. The van der Waals surface area contributed by atoms with E-state index >= 15 is 0 Å². The molecule has 5 N–H and O–H groups in total. The summed E-state index contributed by atoms with van der Waals surface area (Å²) in [6.45, 7) is 3.42. The van der Waals surface area contributed by atoms with Gasteiger partial charge in [-0.25, -0.2) is 0 Å². The maximum absolute atomic E-state index is 6.39. The number of aliphatic imine (C=N–C) groups is 2. The molecule has 2 aliphatic heterocycles. The van der Waals surface area contributed by atoms with Crippen molar-refractivity contribution in [3.8, 4) is 0 Å². The van der Waals surface area contributed by atoms with E-state index < -0.39 is 0 Å². The topological polar surface area (TPSA) is 104 Å². The first-order valence-electron chi connectivity index (χ1n) is 10.4. The maximum atomic E-state index is 6.39. The van der Waals surface area contributed by atoms with Crippen molar-refractivity contribution in [1.82, 2.24) is 15.6 Å². The molecule has 2 aromatic heterocycles. The Kier molecular flexibility index (Phi) is 6.35. The first-order chi connectivity index (χ1) is 15.2. The summed E-state index contributed by atoms with van der Waals surface area (Å²) >= 11 is 0. The standard InChI is InChI=1S/C24H22N6O.2ClH/c25-22-18-4-1-15(24-28-9-10-29-24)13-20(18)30-19(22)5-3-17-12-16-11-14(2-6-21(16)31-17)23-26-7-8-27-23;;/h1-6,11-13,30H,7-10,25H2,(H,26,27)(H,28,29);2*1H. The van der Waals surface area contributed by atoms with Gasteiger partial charge < -0.3 is 25.8 Å². The number of anilines is 1. The van der Waals surface area contributed by atoms with Gasteiger partial charge in [0.1, 0.15) is 23.0 Å². The largest absolute Gasteiger partial charge is 0.457 e. The molecule has 0 saturated carbocycles. The van der Waals surface area contributed by atoms with Gasteiger partial charge in [-0.1, -0.05) is 12.1 Å². The predicted octanol–water partition coefficient (Wildman–Crippen LogP) is 4.21. The van der Waals surface area contributed by atoms with Crippen molar-refractivity contribution in [3.05, 3.63) is 65.0 Å². The van der Waals surface area contributed by atoms with Crippen molar-refractivity contribution in [3.63, 3.8) is 0 Å². The Balaban J connectivity index is 0.00000130. The van der Waals surface area contributed by atoms with E-state index in [1.807, 2.05) is 36.4 Å². The molecule has 0 spiro atoms. The van der Waals surface area contributed by atoms with Crippen LogP contribution in [0.1, 0.15) is 22.6 Å². The molecular formula is C24H24Cl2N6O. The number of aromatic amines is 1. The Morgan fingerprint density at radius 3 is 2.24 bits per heavy atom. The zero-order chi connectivity index (χ0) is 20.8. The number of nitrogens with one attached hydrogen (secondary N) is 3. The van der Waals surface area contributed by atoms with E-state index in [2.05, 4.69) is 43.8 Å². The Morgan fingerprint density at radius 2 is 1.55 bits per heavy atom. The van der Waals surface area contributed by atoms with Crippen LogP contribution in [0.4, 0.5) is 5.69 Å². The van der Waals surface area contributed by atoms with Gasteiger partial charge in [-0.15, -0.1) is 24.8 Å². The van der Waals surface area contributed by atoms with Crippen LogP contribution in [0, 0.1) is 0 Å². The molecule has 0 amide bonds. The monoisotopic (exact) mass is 482 g/mol. The lowest BCUT2D eigenvalue weighted by Crippen LogP contribution is -2.19. The normalized spacial score (nSPS) is 15.2. The number of hydrogen-bond acceptors (Lipinski definition) is 6. The molecule has 4 aromatic rings. The highest BCUT2D eigenvalue weighted by Gasteiger charge is 2.13. The van der Waals surface area contributed by atoms with Crippen LogP contribution in [0.5, 0.6) is 0 Å². The number of H-pyrrole nitrogens is 1. The van der Waals surface area contributed by atoms with Gasteiger partial charge in [-0.3, -0.25) is 9.98 Å². The summed E-state index contributed by atoms with van der Waals surface area (Å²) in [6.07, 6.45) is 3.90. The fraction of sp³-hybridized carbons (Fsp3) is 0.167. The number of amidine groups is 2. The number of nitrogens with two attached hydrogens (primary N) is 1. The molecule has 0 atom stereocenters. The SMILES string of the molecule is Cl.Cl.Nc1c(C=Cc2cc3cc(C4=NCCN4)ccc3o2)[nH]c2cc(C3=NCCN3)ccc12. The van der Waals surface area contributed by atoms with Crippen LogP contribution in [0.2, 0.25) is 0 Å². The first kappa shape index (κ1) is 22.8. The number of aromatic nitrogens is 1. The lowest BCUT2D eigenvalue weighted by molar-refractivity contribution is 0.604. The van der Waals surface area contributed by atoms with Gasteiger partial charge in [-0.2, -0.15) is 0 Å². The van der Waals surface area contributed by atoms with Crippen molar-refractivity contribution in [1.29, 1.82) is 0 Å². The van der Waals surface area contributed by atoms with E-state index in [1.54, 1.807) is 0 Å². The molecule has 4 heterocycles. The van der Waals surface area contributed by atoms with Crippen LogP contribution in [-0.2, 0) is 0 Å². The fourth-order valence-corrected chi connectivity index (χ4v) is 4.16. The lowest BCUT2D eigenvalue weighted by atomic mass is 10.1. The Labute approximate surface area is 203 Å². The summed E-state index contributed by atoms with van der Waals surface area (Å²) in [5.41, 5.74) is 12.0. The molecule has 9 heteroatoms. The van der Waals surface area contributed by atoms with E-state index in [-0.39, 0.29) is 24.8 Å². The Morgan fingerprint density at radius 1 is 0.848 bits per heavy atom. The van der Waals surface area contributed by atoms with Gasteiger partial charge >= 0.3 is 0 Å². The summed E-state index contributed by atoms with van der Waals surface area (Å²) in [5, 5.41) is 8.66. The highest BCUT2D eigenvalue weighted by Crippen LogP contribution is 2.28. The molecule has 2 aromatic carbocycles. The fourth-order valence-electron chi connectivity index (χ4n) is 4.16. The third kappa shape index (κ3) is 4.17. The van der Waals surface area contributed by atoms with Crippen LogP contribution in [0.15, 0.2) is 56.9 Å². The molecule has 7 nitrogen and oxygen atoms in total. The third-order valence-corrected chi connectivity index (χ3v) is 5.71. The van der Waals surface area contributed by atoms with Crippen LogP contribution in [-0.4, -0.2) is 42.8 Å². The van der Waals surface area contributed by atoms with Gasteiger partial charge in [-0.05, 0) is 42.5 Å². The Bertz CT molecular complexity index is 1420. The minimum Gasteiger partial charge on any atom is -0.457 e. The van der Waals surface area contributed by atoms with Gasteiger partial charge in [0.2, 0.25) is 0 Å². The summed E-state index contributed by atoms with van der Waals surface area (Å²) in [4.78, 5) is 12.4. The van der Waals surface area contributed by atoms with Crippen molar-refractivity contribution in [2.24, 2.45) is 9.98 Å². The predicted molar refractivity (Wildman–Crippen MR) is 141 cm³/mol. The van der Waals surface area contributed by atoms with E-state index in [0.29, 0.717) is 0 Å². The van der Waals surface area contributed by atoms with Crippen LogP contribution in [0.3, 0.4) is 0 Å². The molecule has 0 unspecified atom stereocenters. The van der Waals surface area contributed by atoms with E-state index in [0.717, 1.165) is 88.0 Å². The molecule has 0 fully saturated rings. The number of benzene rings is 2. The molecule has 0 radical (unpaired) electrons. The highest BCUT2D eigenvalue weighted by molar-refractivity contribution is 6.05. The summed E-state index contributed by atoms with van der Waals surface area (Å²) in [6, 6.07) is 14.3. The number of hydrogen-bond donors (Lipinski definition) is 4. The van der Waals surface area contributed by atoms with Crippen molar-refractivity contribution >= 4 is 76.2 Å². The van der Waals surface area contributed by atoms with Crippen LogP contribution >= 0.6 is 24.8 Å². The number of nitrogen functional groups attached to an aromatic ring is 1. The highest BCUT2D eigenvalue weighted by atomic mass is 35.5. The van der Waals surface area contributed by atoms with Gasteiger partial charge in [0, 0.05) is 40.5 Å². The van der Waals surface area contributed by atoms with Gasteiger partial charge in [0.25, 0.3) is 0 Å². The number of nitrogens with zero attached hydrogens (tertiary/aromatic N) is 2. The lowest BCUT2D eigenvalue weighted by Gasteiger charge is -2.02. The number of rotatable bonds is 4. The molecule has 0 aliphatic carbocycles. The minimum absolute atomic E-state index is 0. The van der Waals surface area contributed by atoms with E-state index in [1.165, 1.54) is 0 Å². The zero-order valence-corrected chi connectivity index (χ0v) is 19.4. The second kappa shape index (κ2) is 9.21. The molecule has 2 aliphatic rings. The molecule has 33 heavy (non-hydrogen) atoms. The second-order valence-electron chi connectivity index (χ2n) is 7.76. The smallest absolute Gasteiger partial charge is 0.134 e. The average molecular weight is 483 g/mol. The second-order valence-corrected chi connectivity index (χ2v) is 7.76. The quantitative estimate of drug-likeness (QED) is 0.349. The third-order valence-electron chi connectivity index (χ3n) is 5.71. The Hall–Kier alpha value is -3.42. The summed E-state index contributed by atoms with van der Waals surface area (Å²) in [7, 11) is 0. The number of halogens is 2. The summed E-state index contributed by atoms with van der Waals surface area (Å²) < 4.78 is 5.98. The minimum atomic E-state index is 0. The van der Waals surface area contributed by atoms with Gasteiger partial charge in [0.15, 0.2) is 0 Å². The average Bonchev–Trinajstić information content (AvgIpc) is 3.59. The number of furan rings is 1. The van der Waals surface area contributed by atoms with Crippen molar-refractivity contribution < 1.29 is 4.42 Å². The van der Waals surface area contributed by atoms with Crippen molar-refractivity contribution in [2.45, 2.75) is 0 Å². The summed E-state index contributed by atoms with van der Waals surface area (Å²) in [5.74, 6) is 2.66. The van der Waals surface area contributed by atoms with Crippen LogP contribution in [0.25, 0.3) is 34.0 Å².